The second kappa shape index (κ2) is 6.89. The van der Waals surface area contributed by atoms with Crippen LogP contribution in [0.5, 0.6) is 0 Å². The monoisotopic (exact) mass is 354 g/mol. The minimum Gasteiger partial charge on any atom is -0.368 e. The lowest BCUT2D eigenvalue weighted by atomic mass is 10.1. The third-order valence-corrected chi connectivity index (χ3v) is 5.03. The number of pyridine rings is 1. The first kappa shape index (κ1) is 16.7. The smallest absolute Gasteiger partial charge is 0.251 e. The summed E-state index contributed by atoms with van der Waals surface area (Å²) >= 11 is 0. The number of nitriles is 1. The van der Waals surface area contributed by atoms with E-state index in [-0.39, 0.29) is 17.8 Å². The van der Waals surface area contributed by atoms with Crippen molar-refractivity contribution in [3.63, 3.8) is 0 Å². The van der Waals surface area contributed by atoms with Crippen molar-refractivity contribution in [1.82, 2.24) is 9.88 Å². The van der Waals surface area contributed by atoms with Crippen LogP contribution in [0.2, 0.25) is 0 Å². The van der Waals surface area contributed by atoms with Gasteiger partial charge in [0.25, 0.3) is 5.91 Å². The molecule has 1 aromatic carbocycles. The molecule has 2 aliphatic heterocycles. The molecule has 3 heterocycles. The van der Waals surface area contributed by atoms with Gasteiger partial charge >= 0.3 is 0 Å². The fraction of sp³-hybridized carbons (Fsp3) is 0.421. The Morgan fingerprint density at radius 1 is 1.31 bits per heavy atom. The van der Waals surface area contributed by atoms with Gasteiger partial charge in [-0.2, -0.15) is 5.26 Å². The molecule has 2 fully saturated rings. The lowest BCUT2D eigenvalue weighted by Crippen LogP contribution is -2.51. The SMILES string of the molecule is N#Cc1cnc2ccc(F)cc2c1N1CCN(C(=O)C2CCCO2)CC1. The summed E-state index contributed by atoms with van der Waals surface area (Å²) in [4.78, 5) is 20.6. The normalized spacial score (nSPS) is 20.4. The van der Waals surface area contributed by atoms with Crippen LogP contribution in [-0.2, 0) is 9.53 Å². The first-order valence-corrected chi connectivity index (χ1v) is 8.81. The van der Waals surface area contributed by atoms with Gasteiger partial charge in [-0.15, -0.1) is 0 Å². The summed E-state index contributed by atoms with van der Waals surface area (Å²) in [7, 11) is 0. The number of aromatic nitrogens is 1. The second-order valence-electron chi connectivity index (χ2n) is 6.61. The molecule has 6 nitrogen and oxygen atoms in total. The van der Waals surface area contributed by atoms with E-state index in [0.717, 1.165) is 12.8 Å². The largest absolute Gasteiger partial charge is 0.368 e. The molecule has 2 aliphatic rings. The number of amides is 1. The van der Waals surface area contributed by atoms with E-state index < -0.39 is 0 Å². The summed E-state index contributed by atoms with van der Waals surface area (Å²) in [6.07, 6.45) is 2.93. The van der Waals surface area contributed by atoms with E-state index in [1.807, 2.05) is 9.80 Å². The van der Waals surface area contributed by atoms with E-state index in [2.05, 4.69) is 11.1 Å². The van der Waals surface area contributed by atoms with E-state index >= 15 is 0 Å². The molecular formula is C19H19FN4O2. The number of anilines is 1. The van der Waals surface area contributed by atoms with E-state index in [9.17, 15) is 14.4 Å². The third-order valence-electron chi connectivity index (χ3n) is 5.03. The molecular weight excluding hydrogens is 335 g/mol. The van der Waals surface area contributed by atoms with Crippen LogP contribution in [0.3, 0.4) is 0 Å². The van der Waals surface area contributed by atoms with Gasteiger partial charge in [0.2, 0.25) is 0 Å². The van der Waals surface area contributed by atoms with Crippen LogP contribution >= 0.6 is 0 Å². The molecule has 0 spiro atoms. The van der Waals surface area contributed by atoms with Gasteiger partial charge in [0, 0.05) is 44.4 Å². The maximum atomic E-state index is 13.8. The molecule has 1 amide bonds. The molecule has 0 bridgehead atoms. The number of hydrogen-bond acceptors (Lipinski definition) is 5. The average molecular weight is 354 g/mol. The van der Waals surface area contributed by atoms with Crippen molar-refractivity contribution in [2.24, 2.45) is 0 Å². The number of benzene rings is 1. The lowest BCUT2D eigenvalue weighted by Gasteiger charge is -2.37. The molecule has 1 unspecified atom stereocenters. The van der Waals surface area contributed by atoms with Crippen molar-refractivity contribution in [2.75, 3.05) is 37.7 Å². The van der Waals surface area contributed by atoms with Crippen LogP contribution in [0, 0.1) is 17.1 Å². The van der Waals surface area contributed by atoms with Crippen molar-refractivity contribution in [1.29, 1.82) is 5.26 Å². The maximum absolute atomic E-state index is 13.8. The highest BCUT2D eigenvalue weighted by molar-refractivity contribution is 5.94. The van der Waals surface area contributed by atoms with Gasteiger partial charge in [-0.3, -0.25) is 9.78 Å². The molecule has 0 saturated carbocycles. The first-order chi connectivity index (χ1) is 12.7. The highest BCUT2D eigenvalue weighted by atomic mass is 19.1. The minimum absolute atomic E-state index is 0.0493. The van der Waals surface area contributed by atoms with Crippen LogP contribution in [0.1, 0.15) is 18.4 Å². The van der Waals surface area contributed by atoms with Gasteiger partial charge in [-0.25, -0.2) is 4.39 Å². The van der Waals surface area contributed by atoms with Gasteiger partial charge in [0.15, 0.2) is 0 Å². The Balaban J connectivity index is 1.58. The van der Waals surface area contributed by atoms with Crippen LogP contribution in [-0.4, -0.2) is 54.7 Å². The molecule has 4 rings (SSSR count). The van der Waals surface area contributed by atoms with E-state index in [1.165, 1.54) is 18.3 Å². The quantitative estimate of drug-likeness (QED) is 0.826. The Morgan fingerprint density at radius 3 is 2.81 bits per heavy atom. The number of nitrogens with zero attached hydrogens (tertiary/aromatic N) is 4. The van der Waals surface area contributed by atoms with E-state index in [4.69, 9.17) is 4.74 Å². The number of hydrogen-bond donors (Lipinski definition) is 0. The van der Waals surface area contributed by atoms with Crippen molar-refractivity contribution < 1.29 is 13.9 Å². The standard InChI is InChI=1S/C19H19FN4O2/c20-14-3-4-16-15(10-14)18(13(11-21)12-22-16)23-5-7-24(8-6-23)19(25)17-2-1-9-26-17/h3-4,10,12,17H,1-2,5-9H2. The van der Waals surface area contributed by atoms with Crippen molar-refractivity contribution >= 4 is 22.5 Å². The van der Waals surface area contributed by atoms with Crippen LogP contribution in [0.15, 0.2) is 24.4 Å². The highest BCUT2D eigenvalue weighted by Crippen LogP contribution is 2.31. The molecule has 1 aromatic heterocycles. The van der Waals surface area contributed by atoms with Gasteiger partial charge in [-0.05, 0) is 31.0 Å². The number of fused-ring (bicyclic) bond motifs is 1. The summed E-state index contributed by atoms with van der Waals surface area (Å²) in [5.74, 6) is -0.309. The Bertz CT molecular complexity index is 881. The van der Waals surface area contributed by atoms with Gasteiger partial charge in [0.1, 0.15) is 18.0 Å². The van der Waals surface area contributed by atoms with Crippen molar-refractivity contribution in [3.8, 4) is 6.07 Å². The minimum atomic E-state index is -0.358. The van der Waals surface area contributed by atoms with Gasteiger partial charge in [0.05, 0.1) is 16.8 Å². The van der Waals surface area contributed by atoms with Gasteiger partial charge < -0.3 is 14.5 Å². The molecule has 7 heteroatoms. The van der Waals surface area contributed by atoms with Crippen LogP contribution in [0.25, 0.3) is 10.9 Å². The topological polar surface area (TPSA) is 69.5 Å². The average Bonchev–Trinajstić information content (AvgIpc) is 3.21. The molecule has 0 N–H and O–H groups in total. The van der Waals surface area contributed by atoms with Crippen LogP contribution in [0.4, 0.5) is 10.1 Å². The first-order valence-electron chi connectivity index (χ1n) is 8.81. The summed E-state index contributed by atoms with van der Waals surface area (Å²) < 4.78 is 19.3. The zero-order valence-corrected chi connectivity index (χ0v) is 14.3. The zero-order valence-electron chi connectivity index (χ0n) is 14.3. The number of piperazine rings is 1. The van der Waals surface area contributed by atoms with Crippen molar-refractivity contribution in [3.05, 3.63) is 35.8 Å². The van der Waals surface area contributed by atoms with E-state index in [0.29, 0.717) is 54.9 Å². The maximum Gasteiger partial charge on any atom is 0.251 e. The number of carbonyl (C=O) groups excluding carboxylic acids is 1. The molecule has 0 aliphatic carbocycles. The number of ether oxygens (including phenoxy) is 1. The molecule has 2 aromatic rings. The lowest BCUT2D eigenvalue weighted by molar-refractivity contribution is -0.141. The Morgan fingerprint density at radius 2 is 2.12 bits per heavy atom. The predicted molar refractivity (Wildman–Crippen MR) is 94.2 cm³/mol. The Hall–Kier alpha value is -2.72. The summed E-state index contributed by atoms with van der Waals surface area (Å²) in [6.45, 7) is 2.94. The summed E-state index contributed by atoms with van der Waals surface area (Å²) in [5.41, 5.74) is 1.77. The Labute approximate surface area is 150 Å². The van der Waals surface area contributed by atoms with E-state index in [1.54, 1.807) is 6.07 Å². The molecule has 1 atom stereocenters. The molecule has 134 valence electrons. The van der Waals surface area contributed by atoms with Crippen molar-refractivity contribution in [2.45, 2.75) is 18.9 Å². The molecule has 0 radical (unpaired) electrons. The fourth-order valence-electron chi connectivity index (χ4n) is 3.70. The number of halogens is 1. The number of carbonyl (C=O) groups is 1. The second-order valence-corrected chi connectivity index (χ2v) is 6.61. The predicted octanol–water partition coefficient (Wildman–Crippen LogP) is 2.07. The van der Waals surface area contributed by atoms with Gasteiger partial charge in [-0.1, -0.05) is 0 Å². The highest BCUT2D eigenvalue weighted by Gasteiger charge is 2.31. The fourth-order valence-corrected chi connectivity index (χ4v) is 3.70. The molecule has 2 saturated heterocycles. The third kappa shape index (κ3) is 2.97. The zero-order chi connectivity index (χ0) is 18.1. The van der Waals surface area contributed by atoms with Crippen LogP contribution < -0.4 is 4.90 Å². The Kier molecular flexibility index (Phi) is 4.43. The number of rotatable bonds is 2. The summed E-state index contributed by atoms with van der Waals surface area (Å²) in [6, 6.07) is 6.56. The molecule has 26 heavy (non-hydrogen) atoms. The summed E-state index contributed by atoms with van der Waals surface area (Å²) in [5, 5.41) is 10.1.